The van der Waals surface area contributed by atoms with Crippen LogP contribution in [0.15, 0.2) is 18.2 Å². The fourth-order valence-electron chi connectivity index (χ4n) is 1.76. The Balaban J connectivity index is 2.94. The van der Waals surface area contributed by atoms with Crippen LogP contribution in [0.5, 0.6) is 0 Å². The Kier molecular flexibility index (Phi) is 4.63. The average Bonchev–Trinajstić information content (AvgIpc) is 2.25. The Labute approximate surface area is 92.5 Å². The smallest absolute Gasteiger partial charge is 0.0434 e. The number of aliphatic hydroxyl groups excluding tert-OH is 1. The van der Waals surface area contributed by atoms with E-state index in [1.807, 2.05) is 0 Å². The molecule has 0 aliphatic heterocycles. The molecule has 1 aromatic rings. The molecular weight excluding hydrogens is 186 g/mol. The van der Waals surface area contributed by atoms with Gasteiger partial charge in [-0.1, -0.05) is 19.1 Å². The van der Waals surface area contributed by atoms with Gasteiger partial charge in [-0.3, -0.25) is 0 Å². The maximum atomic E-state index is 8.87. The second-order valence-corrected chi connectivity index (χ2v) is 4.04. The Morgan fingerprint density at radius 1 is 1.27 bits per heavy atom. The molecule has 0 amide bonds. The molecule has 84 valence electrons. The average molecular weight is 207 g/mol. The molecule has 0 saturated carbocycles. The predicted molar refractivity (Wildman–Crippen MR) is 65.6 cm³/mol. The summed E-state index contributed by atoms with van der Waals surface area (Å²) in [5.41, 5.74) is 3.97. The molecule has 0 aliphatic carbocycles. The highest BCUT2D eigenvalue weighted by Crippen LogP contribution is 2.21. The van der Waals surface area contributed by atoms with Crippen LogP contribution in [0.1, 0.15) is 24.5 Å². The highest BCUT2D eigenvalue weighted by atomic mass is 16.2. The summed E-state index contributed by atoms with van der Waals surface area (Å²) in [5.74, 6) is 0. The van der Waals surface area contributed by atoms with E-state index in [2.05, 4.69) is 44.1 Å². The van der Waals surface area contributed by atoms with Crippen molar-refractivity contribution >= 4 is 5.69 Å². The van der Waals surface area contributed by atoms with Gasteiger partial charge in [0.1, 0.15) is 0 Å². The lowest BCUT2D eigenvalue weighted by Gasteiger charge is -2.18. The van der Waals surface area contributed by atoms with Gasteiger partial charge in [-0.2, -0.15) is 0 Å². The van der Waals surface area contributed by atoms with Gasteiger partial charge < -0.3 is 10.0 Å². The van der Waals surface area contributed by atoms with Crippen molar-refractivity contribution < 1.29 is 5.11 Å². The molecule has 0 aromatic heterocycles. The molecule has 0 fully saturated rings. The van der Waals surface area contributed by atoms with Crippen LogP contribution in [0.3, 0.4) is 0 Å². The van der Waals surface area contributed by atoms with Crippen molar-refractivity contribution in [3.63, 3.8) is 0 Å². The Morgan fingerprint density at radius 2 is 2.00 bits per heavy atom. The summed E-state index contributed by atoms with van der Waals surface area (Å²) in [7, 11) is 4.12. The number of hydrogen-bond acceptors (Lipinski definition) is 2. The number of hydrogen-bond donors (Lipinski definition) is 1. The first-order chi connectivity index (χ1) is 7.19. The molecule has 1 aromatic carbocycles. The van der Waals surface area contributed by atoms with Gasteiger partial charge in [0.2, 0.25) is 0 Å². The second-order valence-electron chi connectivity index (χ2n) is 4.04. The Morgan fingerprint density at radius 3 is 2.53 bits per heavy atom. The minimum atomic E-state index is 0.267. The largest absolute Gasteiger partial charge is 0.396 e. The zero-order valence-electron chi connectivity index (χ0n) is 9.95. The molecule has 15 heavy (non-hydrogen) atoms. The van der Waals surface area contributed by atoms with Gasteiger partial charge in [-0.05, 0) is 36.5 Å². The number of aryl methyl sites for hydroxylation is 2. The highest BCUT2D eigenvalue weighted by molar-refractivity contribution is 5.54. The van der Waals surface area contributed by atoms with E-state index in [1.54, 1.807) is 0 Å². The quantitative estimate of drug-likeness (QED) is 0.800. The molecule has 0 aliphatic rings. The van der Waals surface area contributed by atoms with Crippen LogP contribution in [-0.2, 0) is 12.8 Å². The van der Waals surface area contributed by atoms with Crippen molar-refractivity contribution in [2.45, 2.75) is 26.2 Å². The van der Waals surface area contributed by atoms with Gasteiger partial charge in [-0.15, -0.1) is 0 Å². The summed E-state index contributed by atoms with van der Waals surface area (Å²) in [6.45, 7) is 2.43. The molecule has 0 saturated heterocycles. The van der Waals surface area contributed by atoms with Crippen molar-refractivity contribution in [2.24, 2.45) is 0 Å². The molecule has 0 bridgehead atoms. The van der Waals surface area contributed by atoms with Crippen LogP contribution in [0.25, 0.3) is 0 Å². The van der Waals surface area contributed by atoms with E-state index < -0.39 is 0 Å². The zero-order valence-corrected chi connectivity index (χ0v) is 9.95. The molecule has 0 atom stereocenters. The van der Waals surface area contributed by atoms with Gasteiger partial charge in [0.05, 0.1) is 0 Å². The lowest BCUT2D eigenvalue weighted by atomic mass is 10.0. The van der Waals surface area contributed by atoms with Crippen LogP contribution in [0, 0.1) is 0 Å². The summed E-state index contributed by atoms with van der Waals surface area (Å²) >= 11 is 0. The third-order valence-electron chi connectivity index (χ3n) is 2.64. The van der Waals surface area contributed by atoms with Crippen LogP contribution in [0.2, 0.25) is 0 Å². The van der Waals surface area contributed by atoms with Crippen molar-refractivity contribution in [1.29, 1.82) is 0 Å². The molecule has 0 spiro atoms. The maximum Gasteiger partial charge on any atom is 0.0434 e. The third kappa shape index (κ3) is 3.24. The lowest BCUT2D eigenvalue weighted by Crippen LogP contribution is -2.11. The third-order valence-corrected chi connectivity index (χ3v) is 2.64. The normalized spacial score (nSPS) is 10.4. The minimum absolute atomic E-state index is 0.267. The lowest BCUT2D eigenvalue weighted by molar-refractivity contribution is 0.288. The number of aliphatic hydroxyl groups is 1. The topological polar surface area (TPSA) is 23.5 Å². The van der Waals surface area contributed by atoms with Crippen molar-refractivity contribution in [2.75, 3.05) is 25.6 Å². The molecule has 1 N–H and O–H groups in total. The monoisotopic (exact) mass is 207 g/mol. The van der Waals surface area contributed by atoms with Gasteiger partial charge in [0, 0.05) is 26.4 Å². The van der Waals surface area contributed by atoms with E-state index >= 15 is 0 Å². The molecule has 2 nitrogen and oxygen atoms in total. The number of anilines is 1. The van der Waals surface area contributed by atoms with Crippen molar-refractivity contribution in [3.05, 3.63) is 29.3 Å². The Bertz CT molecular complexity index is 307. The van der Waals surface area contributed by atoms with Crippen LogP contribution in [0.4, 0.5) is 5.69 Å². The minimum Gasteiger partial charge on any atom is -0.396 e. The SMILES string of the molecule is CCc1ccc(N(C)C)c(CCCO)c1. The second kappa shape index (κ2) is 5.76. The summed E-state index contributed by atoms with van der Waals surface area (Å²) in [5, 5.41) is 8.87. The van der Waals surface area contributed by atoms with E-state index in [9.17, 15) is 0 Å². The number of rotatable bonds is 5. The van der Waals surface area contributed by atoms with Gasteiger partial charge >= 0.3 is 0 Å². The standard InChI is InChI=1S/C13H21NO/c1-4-11-7-8-13(14(2)3)12(10-11)6-5-9-15/h7-8,10,15H,4-6,9H2,1-3H3. The molecule has 2 heteroatoms. The Hall–Kier alpha value is -1.02. The first-order valence-electron chi connectivity index (χ1n) is 5.59. The number of benzene rings is 1. The zero-order chi connectivity index (χ0) is 11.3. The van der Waals surface area contributed by atoms with E-state index in [0.717, 1.165) is 19.3 Å². The fraction of sp³-hybridized carbons (Fsp3) is 0.538. The van der Waals surface area contributed by atoms with E-state index in [-0.39, 0.29) is 6.61 Å². The van der Waals surface area contributed by atoms with E-state index in [0.29, 0.717) is 0 Å². The molecular formula is C13H21NO. The van der Waals surface area contributed by atoms with Gasteiger partial charge in [0.25, 0.3) is 0 Å². The van der Waals surface area contributed by atoms with E-state index in [4.69, 9.17) is 5.11 Å². The van der Waals surface area contributed by atoms with Crippen LogP contribution < -0.4 is 4.90 Å². The first-order valence-corrected chi connectivity index (χ1v) is 5.59. The molecule has 1 rings (SSSR count). The van der Waals surface area contributed by atoms with Gasteiger partial charge in [0.15, 0.2) is 0 Å². The van der Waals surface area contributed by atoms with E-state index in [1.165, 1.54) is 16.8 Å². The highest BCUT2D eigenvalue weighted by Gasteiger charge is 2.04. The summed E-state index contributed by atoms with van der Waals surface area (Å²) in [6.07, 6.45) is 2.87. The predicted octanol–water partition coefficient (Wildman–Crippen LogP) is 2.24. The maximum absolute atomic E-state index is 8.87. The first kappa shape index (κ1) is 12.1. The molecule has 0 heterocycles. The molecule has 0 unspecified atom stereocenters. The van der Waals surface area contributed by atoms with Crippen LogP contribution in [-0.4, -0.2) is 25.8 Å². The summed E-state index contributed by atoms with van der Waals surface area (Å²) in [6, 6.07) is 6.61. The fourth-order valence-corrected chi connectivity index (χ4v) is 1.76. The van der Waals surface area contributed by atoms with Crippen LogP contribution >= 0.6 is 0 Å². The van der Waals surface area contributed by atoms with Crippen molar-refractivity contribution in [3.8, 4) is 0 Å². The number of nitrogens with zero attached hydrogens (tertiary/aromatic N) is 1. The van der Waals surface area contributed by atoms with Crippen molar-refractivity contribution in [1.82, 2.24) is 0 Å². The summed E-state index contributed by atoms with van der Waals surface area (Å²) in [4.78, 5) is 2.13. The van der Waals surface area contributed by atoms with Gasteiger partial charge in [-0.25, -0.2) is 0 Å². The summed E-state index contributed by atoms with van der Waals surface area (Å²) < 4.78 is 0. The molecule has 0 radical (unpaired) electrons.